The Morgan fingerprint density at radius 3 is 2.47 bits per heavy atom. The Hall–Kier alpha value is -3.03. The van der Waals surface area contributed by atoms with Gasteiger partial charge in [0.2, 0.25) is 5.91 Å². The highest BCUT2D eigenvalue weighted by atomic mass is 32.2. The summed E-state index contributed by atoms with van der Waals surface area (Å²) in [5.41, 5.74) is 0.845. The standard InChI is InChI=1S/C20H19N3O7S2/c1-3-32(27,28)16-8-6-14(7-9-16)22-23-19-18(31-30-29-26)10-13-4-5-15(21-12(2)24)11-17(13)20(19)25/h4-11,25-26H,3H2,1-2H3,(H,21,24)/b23-22+. The molecule has 3 rings (SSSR count). The lowest BCUT2D eigenvalue weighted by Crippen LogP contribution is -2.05. The van der Waals surface area contributed by atoms with Crippen molar-refractivity contribution in [2.24, 2.45) is 10.2 Å². The van der Waals surface area contributed by atoms with Gasteiger partial charge in [0.05, 0.1) is 33.3 Å². The SMILES string of the molecule is CCS(=O)(=O)c1ccc(/N=N/c2c(SOOO)cc3ccc(NC(C)=O)cc3c2O)cc1. The molecule has 0 saturated heterocycles. The number of sulfone groups is 1. The molecule has 0 radical (unpaired) electrons. The average molecular weight is 478 g/mol. The Morgan fingerprint density at radius 1 is 1.12 bits per heavy atom. The highest BCUT2D eigenvalue weighted by molar-refractivity contribution is 7.94. The van der Waals surface area contributed by atoms with Crippen LogP contribution in [0.4, 0.5) is 17.1 Å². The molecule has 0 spiro atoms. The smallest absolute Gasteiger partial charge is 0.221 e. The largest absolute Gasteiger partial charge is 0.505 e. The minimum Gasteiger partial charge on any atom is -0.505 e. The second kappa shape index (κ2) is 10.1. The molecule has 168 valence electrons. The number of carbonyl (C=O) groups excluding carboxylic acids is 1. The predicted octanol–water partition coefficient (Wildman–Crippen LogP) is 5.14. The van der Waals surface area contributed by atoms with E-state index in [2.05, 4.69) is 24.9 Å². The Labute approximate surface area is 187 Å². The number of anilines is 1. The molecule has 1 amide bonds. The average Bonchev–Trinajstić information content (AvgIpc) is 2.77. The maximum Gasteiger partial charge on any atom is 0.221 e. The first-order valence-corrected chi connectivity index (χ1v) is 11.6. The second-order valence-corrected chi connectivity index (χ2v) is 9.53. The lowest BCUT2D eigenvalue weighted by molar-refractivity contribution is -0.432. The van der Waals surface area contributed by atoms with Gasteiger partial charge in [-0.3, -0.25) is 4.79 Å². The van der Waals surface area contributed by atoms with Crippen LogP contribution in [0, 0.1) is 0 Å². The number of fused-ring (bicyclic) bond motifs is 1. The Morgan fingerprint density at radius 2 is 1.84 bits per heavy atom. The maximum atomic E-state index is 11.9. The van der Waals surface area contributed by atoms with Crippen molar-refractivity contribution in [1.82, 2.24) is 0 Å². The van der Waals surface area contributed by atoms with Gasteiger partial charge in [-0.25, -0.2) is 13.7 Å². The highest BCUT2D eigenvalue weighted by Crippen LogP contribution is 2.44. The molecule has 0 saturated carbocycles. The summed E-state index contributed by atoms with van der Waals surface area (Å²) in [7, 11) is -3.34. The molecule has 0 atom stereocenters. The summed E-state index contributed by atoms with van der Waals surface area (Å²) in [4.78, 5) is 11.8. The van der Waals surface area contributed by atoms with Gasteiger partial charge < -0.3 is 10.4 Å². The summed E-state index contributed by atoms with van der Waals surface area (Å²) in [5.74, 6) is -0.530. The zero-order valence-corrected chi connectivity index (χ0v) is 18.6. The summed E-state index contributed by atoms with van der Waals surface area (Å²) in [6.07, 6.45) is 0. The lowest BCUT2D eigenvalue weighted by atomic mass is 10.1. The third-order valence-corrected chi connectivity index (χ3v) is 6.74. The van der Waals surface area contributed by atoms with Gasteiger partial charge >= 0.3 is 0 Å². The van der Waals surface area contributed by atoms with E-state index in [4.69, 9.17) is 5.26 Å². The van der Waals surface area contributed by atoms with Gasteiger partial charge in [-0.15, -0.1) is 9.45 Å². The molecule has 0 unspecified atom stereocenters. The molecule has 0 aliphatic rings. The third kappa shape index (κ3) is 5.41. The number of phenols is 1. The van der Waals surface area contributed by atoms with Gasteiger partial charge in [-0.1, -0.05) is 18.0 Å². The van der Waals surface area contributed by atoms with Crippen molar-refractivity contribution >= 4 is 55.6 Å². The maximum absolute atomic E-state index is 11.9. The van der Waals surface area contributed by atoms with Crippen LogP contribution in [0.3, 0.4) is 0 Å². The first kappa shape index (κ1) is 23.6. The molecule has 0 bridgehead atoms. The summed E-state index contributed by atoms with van der Waals surface area (Å²) < 4.78 is 28.4. The van der Waals surface area contributed by atoms with Crippen molar-refractivity contribution < 1.29 is 32.9 Å². The van der Waals surface area contributed by atoms with E-state index in [1.807, 2.05) is 0 Å². The van der Waals surface area contributed by atoms with E-state index < -0.39 is 9.84 Å². The number of azo groups is 1. The van der Waals surface area contributed by atoms with Gasteiger partial charge in [0.15, 0.2) is 15.6 Å². The highest BCUT2D eigenvalue weighted by Gasteiger charge is 2.16. The monoisotopic (exact) mass is 477 g/mol. The Balaban J connectivity index is 2.04. The van der Waals surface area contributed by atoms with Crippen molar-refractivity contribution in [3.63, 3.8) is 0 Å². The van der Waals surface area contributed by atoms with E-state index >= 15 is 0 Å². The molecule has 3 aromatic rings. The van der Waals surface area contributed by atoms with E-state index in [9.17, 15) is 18.3 Å². The van der Waals surface area contributed by atoms with Crippen LogP contribution in [-0.4, -0.2) is 30.4 Å². The fourth-order valence-electron chi connectivity index (χ4n) is 2.83. The van der Waals surface area contributed by atoms with E-state index in [1.165, 1.54) is 31.2 Å². The van der Waals surface area contributed by atoms with E-state index in [0.29, 0.717) is 34.2 Å². The van der Waals surface area contributed by atoms with E-state index in [0.717, 1.165) is 0 Å². The normalized spacial score (nSPS) is 11.8. The number of nitrogens with zero attached hydrogens (tertiary/aromatic N) is 2. The second-order valence-electron chi connectivity index (χ2n) is 6.51. The van der Waals surface area contributed by atoms with Gasteiger partial charge in [0.1, 0.15) is 5.69 Å². The molecular formula is C20H19N3O7S2. The van der Waals surface area contributed by atoms with Crippen LogP contribution in [0.15, 0.2) is 68.6 Å². The van der Waals surface area contributed by atoms with Crippen molar-refractivity contribution in [3.8, 4) is 5.75 Å². The zero-order chi connectivity index (χ0) is 23.3. The summed E-state index contributed by atoms with van der Waals surface area (Å²) in [6, 6.07) is 12.4. The number of benzene rings is 3. The van der Waals surface area contributed by atoms with Crippen molar-refractivity contribution in [2.75, 3.05) is 11.1 Å². The molecule has 0 aliphatic heterocycles. The van der Waals surface area contributed by atoms with Crippen LogP contribution in [-0.2, 0) is 24.0 Å². The van der Waals surface area contributed by atoms with Gasteiger partial charge in [0.25, 0.3) is 0 Å². The van der Waals surface area contributed by atoms with Crippen LogP contribution in [0.5, 0.6) is 5.75 Å². The molecule has 0 aliphatic carbocycles. The zero-order valence-electron chi connectivity index (χ0n) is 17.0. The topological polar surface area (TPSA) is 147 Å². The number of nitrogens with one attached hydrogen (secondary N) is 1. The summed E-state index contributed by atoms with van der Waals surface area (Å²) in [6.45, 7) is 2.92. The van der Waals surface area contributed by atoms with Gasteiger partial charge in [-0.2, -0.15) is 5.11 Å². The minimum absolute atomic E-state index is 0.0183. The molecule has 0 aromatic heterocycles. The van der Waals surface area contributed by atoms with Gasteiger partial charge in [-0.05, 0) is 47.9 Å². The fourth-order valence-corrected chi connectivity index (χ4v) is 4.21. The number of hydrogen-bond acceptors (Lipinski definition) is 10. The molecule has 0 heterocycles. The summed E-state index contributed by atoms with van der Waals surface area (Å²) >= 11 is 0.600. The quantitative estimate of drug-likeness (QED) is 0.175. The Kier molecular flexibility index (Phi) is 7.43. The number of carbonyl (C=O) groups is 1. The van der Waals surface area contributed by atoms with Crippen molar-refractivity contribution in [1.29, 1.82) is 0 Å². The number of phenolic OH excluding ortho intramolecular Hbond substituents is 1. The molecule has 12 heteroatoms. The third-order valence-electron chi connectivity index (χ3n) is 4.37. The van der Waals surface area contributed by atoms with Gasteiger partial charge in [0, 0.05) is 18.0 Å². The van der Waals surface area contributed by atoms with Crippen LogP contribution >= 0.6 is 12.0 Å². The number of rotatable bonds is 8. The van der Waals surface area contributed by atoms with E-state index in [-0.39, 0.29) is 32.9 Å². The molecule has 3 aromatic carbocycles. The molecule has 3 N–H and O–H groups in total. The van der Waals surface area contributed by atoms with Crippen LogP contribution < -0.4 is 5.32 Å². The van der Waals surface area contributed by atoms with Crippen LogP contribution in [0.25, 0.3) is 10.8 Å². The molecular weight excluding hydrogens is 458 g/mol. The number of amides is 1. The van der Waals surface area contributed by atoms with Crippen molar-refractivity contribution in [2.45, 2.75) is 23.6 Å². The van der Waals surface area contributed by atoms with Crippen LogP contribution in [0.2, 0.25) is 0 Å². The number of aromatic hydroxyl groups is 1. The first-order chi connectivity index (χ1) is 15.2. The fraction of sp³-hybridized carbons (Fsp3) is 0.150. The first-order valence-electron chi connectivity index (χ1n) is 9.21. The number of hydrogen-bond donors (Lipinski definition) is 3. The van der Waals surface area contributed by atoms with E-state index in [1.54, 1.807) is 31.2 Å². The molecule has 10 nitrogen and oxygen atoms in total. The lowest BCUT2D eigenvalue weighted by Gasteiger charge is -2.10. The Bertz CT molecular complexity index is 1280. The molecule has 0 fully saturated rings. The van der Waals surface area contributed by atoms with Crippen molar-refractivity contribution in [3.05, 3.63) is 48.5 Å². The molecule has 32 heavy (non-hydrogen) atoms. The predicted molar refractivity (Wildman–Crippen MR) is 119 cm³/mol. The minimum atomic E-state index is -3.34. The summed E-state index contributed by atoms with van der Waals surface area (Å²) in [5, 5.41) is 34.7. The van der Waals surface area contributed by atoms with Crippen LogP contribution in [0.1, 0.15) is 13.8 Å².